The normalized spacial score (nSPS) is 41.9. The lowest BCUT2D eigenvalue weighted by atomic mass is 9.48. The zero-order valence-electron chi connectivity index (χ0n) is 16.0. The van der Waals surface area contributed by atoms with Gasteiger partial charge in [-0.2, -0.15) is 0 Å². The highest BCUT2D eigenvalue weighted by Crippen LogP contribution is 2.65. The Hall–Kier alpha value is -1.30. The third-order valence-electron chi connectivity index (χ3n) is 8.09. The van der Waals surface area contributed by atoms with Gasteiger partial charge in [0, 0.05) is 24.8 Å². The lowest BCUT2D eigenvalue weighted by Gasteiger charge is -2.64. The highest BCUT2D eigenvalue weighted by molar-refractivity contribution is 5.62. The maximum Gasteiger partial charge on any atom is 0.165 e. The van der Waals surface area contributed by atoms with Gasteiger partial charge in [-0.05, 0) is 69.5 Å². The van der Waals surface area contributed by atoms with Gasteiger partial charge < -0.3 is 19.7 Å². The molecule has 2 bridgehead atoms. The van der Waals surface area contributed by atoms with E-state index in [1.165, 1.54) is 18.4 Å². The number of hydrogen-bond acceptors (Lipinski definition) is 5. The quantitative estimate of drug-likeness (QED) is 0.851. The minimum Gasteiger partial charge on any atom is -0.504 e. The van der Waals surface area contributed by atoms with Crippen molar-refractivity contribution < 1.29 is 19.7 Å². The third-order valence-corrected chi connectivity index (χ3v) is 8.09. The molecule has 1 saturated heterocycles. The van der Waals surface area contributed by atoms with Gasteiger partial charge in [-0.15, -0.1) is 0 Å². The molecule has 1 aromatic rings. The first-order valence-electron chi connectivity index (χ1n) is 10.7. The zero-order chi connectivity index (χ0) is 18.4. The predicted octanol–water partition coefficient (Wildman–Crippen LogP) is 2.36. The molecule has 5 nitrogen and oxygen atoms in total. The molecule has 5 atom stereocenters. The van der Waals surface area contributed by atoms with Crippen LogP contribution in [0.25, 0.3) is 0 Å². The summed E-state index contributed by atoms with van der Waals surface area (Å²) in [4.78, 5) is 2.56. The minimum atomic E-state index is -0.801. The van der Waals surface area contributed by atoms with E-state index in [0.29, 0.717) is 12.4 Å². The number of ether oxygens (including phenoxy) is 2. The highest BCUT2D eigenvalue weighted by Gasteiger charge is 2.73. The number of likely N-dealkylation sites (tertiary alicyclic amines) is 1. The number of phenolic OH excluding ortho intramolecular Hbond substituents is 1. The highest BCUT2D eigenvalue weighted by atomic mass is 16.6. The van der Waals surface area contributed by atoms with Crippen molar-refractivity contribution in [2.24, 2.45) is 5.92 Å². The molecule has 1 aromatic carbocycles. The number of hydrogen-bond donors (Lipinski definition) is 2. The van der Waals surface area contributed by atoms with Gasteiger partial charge in [0.2, 0.25) is 0 Å². The summed E-state index contributed by atoms with van der Waals surface area (Å²) in [5, 5.41) is 22.8. The standard InChI is InChI=1S/C22H29NO4/c1-2-26-16-7-8-22(25)17-11-14-5-6-15(24)19-18(14)21(22,20(16)27-19)9-10-23(17)12-13-3-4-13/h5-6,13,16-17,20,24-25H,2-4,7-12H2,1H3/t16-,17-,20-,21+,22-/m1/s1. The van der Waals surface area contributed by atoms with E-state index in [1.807, 2.05) is 6.92 Å². The number of aliphatic hydroxyl groups is 1. The number of phenols is 1. The van der Waals surface area contributed by atoms with Crippen LogP contribution in [0.5, 0.6) is 11.5 Å². The van der Waals surface area contributed by atoms with Gasteiger partial charge in [-0.25, -0.2) is 0 Å². The molecule has 0 radical (unpaired) electrons. The fraction of sp³-hybridized carbons (Fsp3) is 0.727. The molecule has 1 spiro atoms. The molecule has 2 aliphatic heterocycles. The molecule has 27 heavy (non-hydrogen) atoms. The lowest BCUT2D eigenvalue weighted by molar-refractivity contribution is -0.214. The lowest BCUT2D eigenvalue weighted by Crippen LogP contribution is -2.77. The van der Waals surface area contributed by atoms with Crippen molar-refractivity contribution in [2.45, 2.75) is 74.7 Å². The van der Waals surface area contributed by atoms with Crippen molar-refractivity contribution in [3.63, 3.8) is 0 Å². The van der Waals surface area contributed by atoms with Gasteiger partial charge in [0.25, 0.3) is 0 Å². The van der Waals surface area contributed by atoms with E-state index in [1.54, 1.807) is 6.07 Å². The van der Waals surface area contributed by atoms with E-state index in [2.05, 4.69) is 11.0 Å². The predicted molar refractivity (Wildman–Crippen MR) is 100 cm³/mol. The molecule has 2 N–H and O–H groups in total. The summed E-state index contributed by atoms with van der Waals surface area (Å²) in [6, 6.07) is 3.96. The number of piperidine rings is 1. The van der Waals surface area contributed by atoms with Crippen LogP contribution in [0.4, 0.5) is 0 Å². The molecule has 5 aliphatic rings. The number of nitrogens with zero attached hydrogens (tertiary/aromatic N) is 1. The summed E-state index contributed by atoms with van der Waals surface area (Å²) in [5.41, 5.74) is 1.08. The molecule has 3 fully saturated rings. The molecule has 2 saturated carbocycles. The van der Waals surface area contributed by atoms with Crippen LogP contribution in [0.1, 0.15) is 50.2 Å². The Morgan fingerprint density at radius 1 is 1.26 bits per heavy atom. The van der Waals surface area contributed by atoms with Crippen LogP contribution in [-0.4, -0.2) is 58.7 Å². The van der Waals surface area contributed by atoms with Crippen molar-refractivity contribution in [1.29, 1.82) is 0 Å². The van der Waals surface area contributed by atoms with Gasteiger partial charge in [0.05, 0.1) is 17.1 Å². The molecular weight excluding hydrogens is 342 g/mol. The molecule has 5 heteroatoms. The Balaban J connectivity index is 1.53. The Labute approximate surface area is 160 Å². The summed E-state index contributed by atoms with van der Waals surface area (Å²) in [5.74, 6) is 1.63. The van der Waals surface area contributed by atoms with Crippen LogP contribution in [-0.2, 0) is 16.6 Å². The van der Waals surface area contributed by atoms with Crippen LogP contribution in [0.2, 0.25) is 0 Å². The van der Waals surface area contributed by atoms with E-state index in [-0.39, 0.29) is 24.0 Å². The Morgan fingerprint density at radius 3 is 2.89 bits per heavy atom. The fourth-order valence-electron chi connectivity index (χ4n) is 6.82. The minimum absolute atomic E-state index is 0.0244. The second-order valence-corrected chi connectivity index (χ2v) is 9.32. The second kappa shape index (κ2) is 5.40. The van der Waals surface area contributed by atoms with E-state index in [0.717, 1.165) is 50.3 Å². The van der Waals surface area contributed by atoms with E-state index < -0.39 is 11.0 Å². The van der Waals surface area contributed by atoms with Crippen LogP contribution in [0.15, 0.2) is 12.1 Å². The SMILES string of the molecule is CCO[C@@H]1CC[C@@]2(O)[C@H]3Cc4ccc(O)c5c4[C@@]2(CCN3CC2CC2)[C@@H]1O5. The molecule has 0 amide bonds. The maximum absolute atomic E-state index is 12.2. The number of benzene rings is 1. The monoisotopic (exact) mass is 371 g/mol. The second-order valence-electron chi connectivity index (χ2n) is 9.32. The van der Waals surface area contributed by atoms with Crippen molar-refractivity contribution in [2.75, 3.05) is 19.7 Å². The Kier molecular flexibility index (Phi) is 3.33. The first-order valence-corrected chi connectivity index (χ1v) is 10.7. The smallest absolute Gasteiger partial charge is 0.165 e. The van der Waals surface area contributed by atoms with Crippen molar-refractivity contribution in [1.82, 2.24) is 4.90 Å². The Bertz CT molecular complexity index is 793. The fourth-order valence-corrected chi connectivity index (χ4v) is 6.82. The molecule has 0 unspecified atom stereocenters. The van der Waals surface area contributed by atoms with Gasteiger partial charge in [-0.1, -0.05) is 6.07 Å². The van der Waals surface area contributed by atoms with Crippen LogP contribution >= 0.6 is 0 Å². The summed E-state index contributed by atoms with van der Waals surface area (Å²) >= 11 is 0. The van der Waals surface area contributed by atoms with Crippen LogP contribution in [0, 0.1) is 5.92 Å². The van der Waals surface area contributed by atoms with Crippen molar-refractivity contribution >= 4 is 0 Å². The summed E-state index contributed by atoms with van der Waals surface area (Å²) in [6.45, 7) is 4.78. The number of rotatable bonds is 4. The van der Waals surface area contributed by atoms with Crippen LogP contribution < -0.4 is 4.74 Å². The third kappa shape index (κ3) is 1.95. The first-order chi connectivity index (χ1) is 13.1. The number of aromatic hydroxyl groups is 1. The average molecular weight is 371 g/mol. The molecule has 0 aromatic heterocycles. The van der Waals surface area contributed by atoms with Crippen LogP contribution in [0.3, 0.4) is 0 Å². The van der Waals surface area contributed by atoms with Gasteiger partial charge in [0.15, 0.2) is 11.5 Å². The average Bonchev–Trinajstić information content (AvgIpc) is 3.39. The summed E-state index contributed by atoms with van der Waals surface area (Å²) < 4.78 is 12.5. The molecule has 2 heterocycles. The summed E-state index contributed by atoms with van der Waals surface area (Å²) in [7, 11) is 0. The van der Waals surface area contributed by atoms with Crippen molar-refractivity contribution in [3.8, 4) is 11.5 Å². The van der Waals surface area contributed by atoms with Gasteiger partial charge in [-0.3, -0.25) is 4.90 Å². The van der Waals surface area contributed by atoms with Gasteiger partial charge in [0.1, 0.15) is 6.10 Å². The first kappa shape index (κ1) is 16.6. The molecular formula is C22H29NO4. The zero-order valence-corrected chi connectivity index (χ0v) is 16.0. The largest absolute Gasteiger partial charge is 0.504 e. The van der Waals surface area contributed by atoms with Gasteiger partial charge >= 0.3 is 0 Å². The maximum atomic E-state index is 12.2. The molecule has 3 aliphatic carbocycles. The van der Waals surface area contributed by atoms with E-state index >= 15 is 0 Å². The molecule has 6 rings (SSSR count). The topological polar surface area (TPSA) is 62.2 Å². The van der Waals surface area contributed by atoms with E-state index in [9.17, 15) is 10.2 Å². The Morgan fingerprint density at radius 2 is 2.11 bits per heavy atom. The van der Waals surface area contributed by atoms with Crippen molar-refractivity contribution in [3.05, 3.63) is 23.3 Å². The van der Waals surface area contributed by atoms with E-state index in [4.69, 9.17) is 9.47 Å². The molecule has 146 valence electrons. The summed E-state index contributed by atoms with van der Waals surface area (Å²) in [6.07, 6.45) is 5.73.